The Kier molecular flexibility index (Phi) is 6.66. The van der Waals surface area contributed by atoms with E-state index >= 15 is 0 Å². The maximum atomic E-state index is 11.6. The van der Waals surface area contributed by atoms with Crippen LogP contribution < -0.4 is 5.32 Å². The number of hydrogen-bond donors (Lipinski definition) is 4. The van der Waals surface area contributed by atoms with Crippen LogP contribution in [0.25, 0.3) is 0 Å². The van der Waals surface area contributed by atoms with Gasteiger partial charge in [0.2, 0.25) is 5.91 Å². The average Bonchev–Trinajstić information content (AvgIpc) is 2.89. The summed E-state index contributed by atoms with van der Waals surface area (Å²) >= 11 is 3.07. The van der Waals surface area contributed by atoms with Crippen LogP contribution in [0.1, 0.15) is 4.88 Å². The summed E-state index contributed by atoms with van der Waals surface area (Å²) in [6, 6.07) is 3.95. The zero-order valence-corrected chi connectivity index (χ0v) is 11.5. The summed E-state index contributed by atoms with van der Waals surface area (Å²) in [5.41, 5.74) is -1.33. The summed E-state index contributed by atoms with van der Waals surface area (Å²) in [5, 5.41) is 31.6. The molecule has 0 atom stereocenters. The molecule has 1 rings (SSSR count). The van der Waals surface area contributed by atoms with E-state index in [0.29, 0.717) is 0 Å². The Morgan fingerprint density at radius 2 is 2.00 bits per heavy atom. The Bertz CT molecular complexity index is 344. The van der Waals surface area contributed by atoms with Gasteiger partial charge in [-0.25, -0.2) is 0 Å². The quantitative estimate of drug-likeness (QED) is 0.533. The van der Waals surface area contributed by atoms with Crippen LogP contribution in [0.15, 0.2) is 17.5 Å². The van der Waals surface area contributed by atoms with Gasteiger partial charge in [-0.05, 0) is 11.4 Å². The molecule has 1 aromatic rings. The van der Waals surface area contributed by atoms with Crippen molar-refractivity contribution in [1.82, 2.24) is 5.32 Å². The number of carbonyl (C=O) groups excluding carboxylic acids is 1. The third-order valence-corrected chi connectivity index (χ3v) is 4.41. The molecule has 7 heteroatoms. The second kappa shape index (κ2) is 7.75. The molecule has 0 saturated carbocycles. The lowest BCUT2D eigenvalue weighted by Gasteiger charge is -2.28. The molecule has 4 N–H and O–H groups in total. The zero-order valence-electron chi connectivity index (χ0n) is 9.83. The van der Waals surface area contributed by atoms with Crippen LogP contribution in [0.2, 0.25) is 0 Å². The molecule has 0 aliphatic carbocycles. The highest BCUT2D eigenvalue weighted by atomic mass is 32.2. The number of amides is 1. The van der Waals surface area contributed by atoms with Gasteiger partial charge in [0.05, 0.1) is 25.6 Å². The molecule has 0 aromatic carbocycles. The summed E-state index contributed by atoms with van der Waals surface area (Å²) in [4.78, 5) is 12.8. The predicted octanol–water partition coefficient (Wildman–Crippen LogP) is -0.187. The molecule has 0 bridgehead atoms. The van der Waals surface area contributed by atoms with Gasteiger partial charge in [0.1, 0.15) is 5.54 Å². The Morgan fingerprint density at radius 3 is 2.50 bits per heavy atom. The molecule has 1 amide bonds. The second-order valence-electron chi connectivity index (χ2n) is 3.88. The molecule has 0 aliphatic rings. The van der Waals surface area contributed by atoms with E-state index in [4.69, 9.17) is 15.3 Å². The van der Waals surface area contributed by atoms with Gasteiger partial charge in [0, 0.05) is 10.6 Å². The highest BCUT2D eigenvalue weighted by Crippen LogP contribution is 2.17. The van der Waals surface area contributed by atoms with Gasteiger partial charge in [-0.2, -0.15) is 0 Å². The molecular weight excluding hydrogens is 274 g/mol. The van der Waals surface area contributed by atoms with Gasteiger partial charge in [-0.1, -0.05) is 6.07 Å². The Balaban J connectivity index is 2.32. The standard InChI is InChI=1S/C11H17NO4S2/c13-6-11(7-14,8-15)12-10(16)5-17-4-9-2-1-3-18-9/h1-3,13-15H,4-8H2,(H,12,16). The molecule has 1 heterocycles. The van der Waals surface area contributed by atoms with E-state index < -0.39 is 25.4 Å². The van der Waals surface area contributed by atoms with Crippen LogP contribution in [-0.2, 0) is 10.5 Å². The molecule has 0 saturated heterocycles. The maximum Gasteiger partial charge on any atom is 0.230 e. The lowest BCUT2D eigenvalue weighted by molar-refractivity contribution is -0.122. The number of aliphatic hydroxyl groups is 3. The van der Waals surface area contributed by atoms with Gasteiger partial charge in [-0.15, -0.1) is 23.1 Å². The maximum absolute atomic E-state index is 11.6. The van der Waals surface area contributed by atoms with Crippen molar-refractivity contribution in [3.05, 3.63) is 22.4 Å². The molecular formula is C11H17NO4S2. The highest BCUT2D eigenvalue weighted by molar-refractivity contribution is 7.99. The molecule has 1 aromatic heterocycles. The van der Waals surface area contributed by atoms with Gasteiger partial charge < -0.3 is 20.6 Å². The minimum atomic E-state index is -1.33. The first kappa shape index (κ1) is 15.5. The predicted molar refractivity (Wildman–Crippen MR) is 72.6 cm³/mol. The van der Waals surface area contributed by atoms with Crippen molar-refractivity contribution in [3.63, 3.8) is 0 Å². The van der Waals surface area contributed by atoms with Crippen LogP contribution in [0, 0.1) is 0 Å². The van der Waals surface area contributed by atoms with Crippen LogP contribution in [0.4, 0.5) is 0 Å². The summed E-state index contributed by atoms with van der Waals surface area (Å²) in [5.74, 6) is 0.656. The van der Waals surface area contributed by atoms with E-state index in [9.17, 15) is 4.79 Å². The fourth-order valence-electron chi connectivity index (χ4n) is 1.24. The molecule has 0 unspecified atom stereocenters. The van der Waals surface area contributed by atoms with Crippen molar-refractivity contribution in [2.75, 3.05) is 25.6 Å². The van der Waals surface area contributed by atoms with Gasteiger partial charge in [0.15, 0.2) is 0 Å². The first-order valence-electron chi connectivity index (χ1n) is 5.39. The lowest BCUT2D eigenvalue weighted by Crippen LogP contribution is -2.57. The van der Waals surface area contributed by atoms with Crippen molar-refractivity contribution in [2.45, 2.75) is 11.3 Å². The largest absolute Gasteiger partial charge is 0.394 e. The van der Waals surface area contributed by atoms with Gasteiger partial charge in [0.25, 0.3) is 0 Å². The summed E-state index contributed by atoms with van der Waals surface area (Å²) in [7, 11) is 0. The van der Waals surface area contributed by atoms with E-state index in [1.165, 1.54) is 16.6 Å². The van der Waals surface area contributed by atoms with Crippen LogP contribution in [0.5, 0.6) is 0 Å². The van der Waals surface area contributed by atoms with E-state index in [0.717, 1.165) is 5.75 Å². The second-order valence-corrected chi connectivity index (χ2v) is 5.89. The lowest BCUT2D eigenvalue weighted by atomic mass is 10.0. The highest BCUT2D eigenvalue weighted by Gasteiger charge is 2.29. The zero-order chi connectivity index (χ0) is 13.4. The number of thioether (sulfide) groups is 1. The minimum Gasteiger partial charge on any atom is -0.394 e. The normalized spacial score (nSPS) is 11.5. The van der Waals surface area contributed by atoms with Crippen molar-refractivity contribution < 1.29 is 20.1 Å². The van der Waals surface area contributed by atoms with Crippen molar-refractivity contribution in [2.24, 2.45) is 0 Å². The molecule has 18 heavy (non-hydrogen) atoms. The van der Waals surface area contributed by atoms with Crippen molar-refractivity contribution in [1.29, 1.82) is 0 Å². The Morgan fingerprint density at radius 1 is 1.33 bits per heavy atom. The number of nitrogens with one attached hydrogen (secondary N) is 1. The van der Waals surface area contributed by atoms with E-state index in [1.54, 1.807) is 11.3 Å². The number of aliphatic hydroxyl groups excluding tert-OH is 3. The molecule has 5 nitrogen and oxygen atoms in total. The smallest absolute Gasteiger partial charge is 0.230 e. The van der Waals surface area contributed by atoms with Crippen LogP contribution in [0.3, 0.4) is 0 Å². The number of hydrogen-bond acceptors (Lipinski definition) is 6. The fraction of sp³-hybridized carbons (Fsp3) is 0.545. The summed E-state index contributed by atoms with van der Waals surface area (Å²) < 4.78 is 0. The first-order chi connectivity index (χ1) is 8.65. The third kappa shape index (κ3) is 4.58. The number of rotatable bonds is 8. The van der Waals surface area contributed by atoms with Crippen molar-refractivity contribution in [3.8, 4) is 0 Å². The summed E-state index contributed by atoms with van der Waals surface area (Å²) in [6.45, 7) is -1.50. The number of thiophene rings is 1. The third-order valence-electron chi connectivity index (χ3n) is 2.37. The molecule has 0 aliphatic heterocycles. The average molecular weight is 291 g/mol. The first-order valence-corrected chi connectivity index (χ1v) is 7.43. The SMILES string of the molecule is O=C(CSCc1cccs1)NC(CO)(CO)CO. The fourth-order valence-corrected chi connectivity index (χ4v) is 2.91. The van der Waals surface area contributed by atoms with Gasteiger partial charge >= 0.3 is 0 Å². The monoisotopic (exact) mass is 291 g/mol. The minimum absolute atomic E-state index is 0.222. The van der Waals surface area contributed by atoms with E-state index in [1.807, 2.05) is 17.5 Å². The van der Waals surface area contributed by atoms with Crippen LogP contribution in [-0.4, -0.2) is 52.3 Å². The molecule has 0 radical (unpaired) electrons. The van der Waals surface area contributed by atoms with Gasteiger partial charge in [-0.3, -0.25) is 4.79 Å². The van der Waals surface area contributed by atoms with Crippen LogP contribution >= 0.6 is 23.1 Å². The number of carbonyl (C=O) groups is 1. The topological polar surface area (TPSA) is 89.8 Å². The molecule has 102 valence electrons. The van der Waals surface area contributed by atoms with E-state index in [2.05, 4.69) is 5.32 Å². The van der Waals surface area contributed by atoms with E-state index in [-0.39, 0.29) is 11.7 Å². The Labute approximate surface area is 114 Å². The van der Waals surface area contributed by atoms with Crippen molar-refractivity contribution >= 4 is 29.0 Å². The molecule has 0 spiro atoms. The summed E-state index contributed by atoms with van der Waals surface area (Å²) in [6.07, 6.45) is 0. The Hall–Kier alpha value is -0.600. The molecule has 0 fully saturated rings.